The summed E-state index contributed by atoms with van der Waals surface area (Å²) in [5.41, 5.74) is 2.12. The highest BCUT2D eigenvalue weighted by molar-refractivity contribution is 14.0. The molecular weight excluding hydrogens is 489 g/mol. The summed E-state index contributed by atoms with van der Waals surface area (Å²) in [4.78, 5) is 19.1. The van der Waals surface area contributed by atoms with Gasteiger partial charge in [0.2, 0.25) is 5.91 Å². The first-order valence-electron chi connectivity index (χ1n) is 11.0. The van der Waals surface area contributed by atoms with Gasteiger partial charge in [-0.3, -0.25) is 14.7 Å². The number of aliphatic imine (C=N–C) groups is 1. The molecule has 2 aliphatic heterocycles. The number of fused-ring (bicyclic) bond motifs is 1. The summed E-state index contributed by atoms with van der Waals surface area (Å²) in [6.45, 7) is 10.9. The molecule has 3 N–H and O–H groups in total. The Hall–Kier alpha value is -1.35. The quantitative estimate of drug-likeness (QED) is 0.300. The first-order valence-corrected chi connectivity index (χ1v) is 11.0. The minimum Gasteiger partial charge on any atom is -0.356 e. The highest BCUT2D eigenvalue weighted by Crippen LogP contribution is 2.31. The van der Waals surface area contributed by atoms with E-state index in [1.165, 1.54) is 31.5 Å². The minimum absolute atomic E-state index is 0. The van der Waals surface area contributed by atoms with Gasteiger partial charge in [0.05, 0.1) is 0 Å². The number of hydrogen-bond acceptors (Lipinski definition) is 3. The highest BCUT2D eigenvalue weighted by Gasteiger charge is 2.27. The van der Waals surface area contributed by atoms with E-state index in [0.29, 0.717) is 24.9 Å². The Balaban J connectivity index is 0.00000320. The van der Waals surface area contributed by atoms with Crippen LogP contribution in [0.3, 0.4) is 0 Å². The van der Waals surface area contributed by atoms with Crippen LogP contribution in [-0.2, 0) is 4.79 Å². The van der Waals surface area contributed by atoms with E-state index in [0.717, 1.165) is 24.1 Å². The third-order valence-corrected chi connectivity index (χ3v) is 6.38. The van der Waals surface area contributed by atoms with Gasteiger partial charge in [-0.15, -0.1) is 24.0 Å². The van der Waals surface area contributed by atoms with Crippen LogP contribution >= 0.6 is 24.0 Å². The molecule has 2 aliphatic rings. The summed E-state index contributed by atoms with van der Waals surface area (Å²) in [5, 5.41) is 9.94. The van der Waals surface area contributed by atoms with Gasteiger partial charge in [0, 0.05) is 44.2 Å². The monoisotopic (exact) mass is 527 g/mol. The van der Waals surface area contributed by atoms with E-state index < -0.39 is 0 Å². The predicted molar refractivity (Wildman–Crippen MR) is 136 cm³/mol. The van der Waals surface area contributed by atoms with E-state index in [9.17, 15) is 4.79 Å². The molecule has 2 heterocycles. The molecule has 168 valence electrons. The van der Waals surface area contributed by atoms with Crippen LogP contribution < -0.4 is 16.0 Å². The van der Waals surface area contributed by atoms with Gasteiger partial charge in [-0.25, -0.2) is 0 Å². The van der Waals surface area contributed by atoms with Crippen molar-refractivity contribution in [2.45, 2.75) is 52.0 Å². The Morgan fingerprint density at radius 3 is 2.60 bits per heavy atom. The fourth-order valence-corrected chi connectivity index (χ4v) is 4.47. The number of carbonyl (C=O) groups is 1. The highest BCUT2D eigenvalue weighted by atomic mass is 127. The van der Waals surface area contributed by atoms with E-state index in [4.69, 9.17) is 0 Å². The summed E-state index contributed by atoms with van der Waals surface area (Å²) in [6, 6.07) is 8.57. The molecule has 0 radical (unpaired) electrons. The Morgan fingerprint density at radius 2 is 1.93 bits per heavy atom. The van der Waals surface area contributed by atoms with Gasteiger partial charge in [-0.2, -0.15) is 0 Å². The normalized spacial score (nSPS) is 21.4. The third-order valence-electron chi connectivity index (χ3n) is 6.38. The van der Waals surface area contributed by atoms with Crippen LogP contribution in [0.25, 0.3) is 0 Å². The molecule has 1 aromatic rings. The van der Waals surface area contributed by atoms with Gasteiger partial charge in [-0.1, -0.05) is 39.0 Å². The lowest BCUT2D eigenvalue weighted by atomic mass is 9.90. The second-order valence-corrected chi connectivity index (χ2v) is 8.90. The number of rotatable bonds is 6. The fraction of sp³-hybridized carbons (Fsp3) is 0.652. The number of amides is 1. The van der Waals surface area contributed by atoms with Crippen LogP contribution in [0.5, 0.6) is 0 Å². The lowest BCUT2D eigenvalue weighted by molar-refractivity contribution is -0.116. The summed E-state index contributed by atoms with van der Waals surface area (Å²) >= 11 is 0. The molecule has 2 unspecified atom stereocenters. The maximum atomic E-state index is 12.0. The summed E-state index contributed by atoms with van der Waals surface area (Å²) < 4.78 is 0. The van der Waals surface area contributed by atoms with Gasteiger partial charge < -0.3 is 16.0 Å². The minimum atomic E-state index is 0. The van der Waals surface area contributed by atoms with Crippen molar-refractivity contribution >= 4 is 41.5 Å². The number of guanidine groups is 1. The van der Waals surface area contributed by atoms with Crippen molar-refractivity contribution < 1.29 is 4.79 Å². The number of para-hydroxylation sites is 1. The molecule has 0 saturated carbocycles. The Labute approximate surface area is 198 Å². The number of benzene rings is 1. The molecular formula is C23H38IN5O. The molecule has 0 spiro atoms. The van der Waals surface area contributed by atoms with Crippen molar-refractivity contribution in [3.8, 4) is 0 Å². The van der Waals surface area contributed by atoms with Crippen molar-refractivity contribution in [2.24, 2.45) is 16.8 Å². The predicted octanol–water partition coefficient (Wildman–Crippen LogP) is 3.65. The van der Waals surface area contributed by atoms with Crippen molar-refractivity contribution in [1.29, 1.82) is 0 Å². The van der Waals surface area contributed by atoms with Crippen LogP contribution in [0.4, 0.5) is 5.69 Å². The van der Waals surface area contributed by atoms with Gasteiger partial charge in [0.25, 0.3) is 0 Å². The van der Waals surface area contributed by atoms with E-state index in [2.05, 4.69) is 52.7 Å². The largest absolute Gasteiger partial charge is 0.356 e. The van der Waals surface area contributed by atoms with Gasteiger partial charge >= 0.3 is 0 Å². The van der Waals surface area contributed by atoms with Crippen LogP contribution in [0.1, 0.15) is 51.5 Å². The standard InChI is InChI=1S/C23H37N5O.HI/c1-16(2)21(28-11-9-17(3)10-12-28)15-26-23(24-4)25-14-18-13-22(29)27-20-8-6-5-7-19(18)20;/h5-8,16-18,21H,9-15H2,1-4H3,(H,27,29)(H2,24,25,26);1H. The van der Waals surface area contributed by atoms with Gasteiger partial charge in [0.15, 0.2) is 5.96 Å². The molecule has 1 saturated heterocycles. The first-order chi connectivity index (χ1) is 14.0. The molecule has 7 heteroatoms. The lowest BCUT2D eigenvalue weighted by Gasteiger charge is -2.39. The average Bonchev–Trinajstić information content (AvgIpc) is 2.71. The van der Waals surface area contributed by atoms with Crippen LogP contribution in [-0.4, -0.2) is 56.0 Å². The van der Waals surface area contributed by atoms with E-state index in [1.54, 1.807) is 0 Å². The summed E-state index contributed by atoms with van der Waals surface area (Å²) in [5.74, 6) is 2.48. The second kappa shape index (κ2) is 11.9. The second-order valence-electron chi connectivity index (χ2n) is 8.90. The zero-order valence-corrected chi connectivity index (χ0v) is 21.1. The zero-order valence-electron chi connectivity index (χ0n) is 18.8. The Kier molecular flexibility index (Phi) is 9.87. The number of halogens is 1. The van der Waals surface area contributed by atoms with E-state index >= 15 is 0 Å². The molecule has 1 fully saturated rings. The van der Waals surface area contributed by atoms with E-state index in [1.807, 2.05) is 25.2 Å². The van der Waals surface area contributed by atoms with Gasteiger partial charge in [-0.05, 0) is 49.4 Å². The van der Waals surface area contributed by atoms with Crippen LogP contribution in [0.15, 0.2) is 29.3 Å². The summed E-state index contributed by atoms with van der Waals surface area (Å²) in [6.07, 6.45) is 3.08. The molecule has 1 amide bonds. The number of carbonyl (C=O) groups excluding carboxylic acids is 1. The molecule has 1 aromatic carbocycles. The third kappa shape index (κ3) is 6.57. The fourth-order valence-electron chi connectivity index (χ4n) is 4.47. The van der Waals surface area contributed by atoms with Crippen LogP contribution in [0, 0.1) is 11.8 Å². The number of hydrogen-bond donors (Lipinski definition) is 3. The number of nitrogens with one attached hydrogen (secondary N) is 3. The molecule has 0 bridgehead atoms. The number of nitrogens with zero attached hydrogens (tertiary/aromatic N) is 2. The number of piperidine rings is 1. The Bertz CT molecular complexity index is 715. The first kappa shape index (κ1) is 24.9. The number of anilines is 1. The van der Waals surface area contributed by atoms with Crippen LogP contribution in [0.2, 0.25) is 0 Å². The molecule has 2 atom stereocenters. The smallest absolute Gasteiger partial charge is 0.225 e. The molecule has 0 aliphatic carbocycles. The van der Waals surface area contributed by atoms with Crippen molar-refractivity contribution in [3.05, 3.63) is 29.8 Å². The average molecular weight is 527 g/mol. The topological polar surface area (TPSA) is 68.8 Å². The number of likely N-dealkylation sites (tertiary alicyclic amines) is 1. The van der Waals surface area contributed by atoms with E-state index in [-0.39, 0.29) is 35.8 Å². The zero-order chi connectivity index (χ0) is 20.8. The molecule has 0 aromatic heterocycles. The summed E-state index contributed by atoms with van der Waals surface area (Å²) in [7, 11) is 1.81. The SMILES string of the molecule is CN=C(NCC1CC(=O)Nc2ccccc21)NCC(C(C)C)N1CCC(C)CC1.I. The maximum Gasteiger partial charge on any atom is 0.225 e. The van der Waals surface area contributed by atoms with Crippen molar-refractivity contribution in [3.63, 3.8) is 0 Å². The lowest BCUT2D eigenvalue weighted by Crippen LogP contribution is -2.51. The van der Waals surface area contributed by atoms with Crippen molar-refractivity contribution in [2.75, 3.05) is 38.5 Å². The van der Waals surface area contributed by atoms with Gasteiger partial charge in [0.1, 0.15) is 0 Å². The van der Waals surface area contributed by atoms with Crippen molar-refractivity contribution in [1.82, 2.24) is 15.5 Å². The molecule has 3 rings (SSSR count). The maximum absolute atomic E-state index is 12.0. The Morgan fingerprint density at radius 1 is 1.23 bits per heavy atom. The molecule has 6 nitrogen and oxygen atoms in total. The molecule has 30 heavy (non-hydrogen) atoms.